The number of hydrogen-bond acceptors (Lipinski definition) is 9. The molecule has 9 nitrogen and oxygen atoms in total. The van der Waals surface area contributed by atoms with E-state index in [-0.39, 0.29) is 39.0 Å². The van der Waals surface area contributed by atoms with Crippen LogP contribution in [0.2, 0.25) is 0 Å². The van der Waals surface area contributed by atoms with E-state index in [0.717, 1.165) is 146 Å². The Morgan fingerprint density at radius 3 is 1.35 bits per heavy atom. The number of sulfone groups is 1. The fourth-order valence-corrected chi connectivity index (χ4v) is 25.9. The lowest BCUT2D eigenvalue weighted by atomic mass is 9.43. The number of ether oxygens (including phenoxy) is 2. The van der Waals surface area contributed by atoms with Gasteiger partial charge in [-0.25, -0.2) is 8.42 Å². The molecule has 0 amide bonds. The summed E-state index contributed by atoms with van der Waals surface area (Å²) >= 11 is 0. The van der Waals surface area contributed by atoms with Gasteiger partial charge >= 0.3 is 0 Å². The van der Waals surface area contributed by atoms with E-state index in [1.807, 2.05) is 25.1 Å². The van der Waals surface area contributed by atoms with Crippen LogP contribution in [0.1, 0.15) is 264 Å². The molecule has 2 aliphatic heterocycles. The van der Waals surface area contributed by atoms with Crippen LogP contribution >= 0.6 is 0 Å². The molecule has 484 valence electrons. The Hall–Kier alpha value is -1.11. The zero-order valence-electron chi connectivity index (χ0n) is 52.5. The van der Waals surface area contributed by atoms with E-state index < -0.39 is 37.5 Å². The number of benzene rings is 1. The van der Waals surface area contributed by atoms with Crippen molar-refractivity contribution in [2.45, 2.75) is 296 Å². The average molecular weight is 1190 g/mol. The maximum absolute atomic E-state index is 14.5. The number of fused-ring (bicyclic) bond motifs is 10. The SMILES string of the molecule is C.C.C.CO.C[C@H](C(CC1(O)CCC2(CC1)COC2)S(=O)(=O)c1ccccc1)[C@H]1CC[C@H]2[C@@H]3CC[C@H]4C[C@@](C)(O)CC[C@]4(C)[C@H]3CC[C@]12C.C[C@H](CCC1(O)CCC2(CC1)COC2)[C@H]1CC[C@H]2[C@@H]3CC[C@H]4C[C@@](C)(O)CC[C@]4(C)[C@H]3CC[C@]12C. The topological polar surface area (TPSA) is 154 Å². The van der Waals surface area contributed by atoms with Crippen LogP contribution in [0.3, 0.4) is 0 Å². The molecule has 13 rings (SSSR count). The van der Waals surface area contributed by atoms with Crippen LogP contribution in [0.5, 0.6) is 0 Å². The summed E-state index contributed by atoms with van der Waals surface area (Å²) in [6.45, 7) is 22.7. The van der Waals surface area contributed by atoms with Gasteiger partial charge in [0.2, 0.25) is 0 Å². The molecule has 19 atom stereocenters. The Morgan fingerprint density at radius 1 is 0.488 bits per heavy atom. The first kappa shape index (κ1) is 68.8. The van der Waals surface area contributed by atoms with Gasteiger partial charge in [-0.05, 0) is 305 Å². The summed E-state index contributed by atoms with van der Waals surface area (Å²) in [6.07, 6.45) is 32.0. The zero-order valence-corrected chi connectivity index (χ0v) is 53.3. The van der Waals surface area contributed by atoms with E-state index in [1.165, 1.54) is 96.3 Å². The average Bonchev–Trinajstić information content (AvgIpc) is 1.67. The monoisotopic (exact) mass is 1190 g/mol. The van der Waals surface area contributed by atoms with Crippen molar-refractivity contribution in [1.82, 2.24) is 0 Å². The molecule has 84 heavy (non-hydrogen) atoms. The molecule has 1 unspecified atom stereocenters. The van der Waals surface area contributed by atoms with Crippen molar-refractivity contribution in [2.24, 2.45) is 104 Å². The van der Waals surface area contributed by atoms with Gasteiger partial charge in [-0.2, -0.15) is 0 Å². The summed E-state index contributed by atoms with van der Waals surface area (Å²) in [5.41, 5.74) is -0.235. The summed E-state index contributed by atoms with van der Waals surface area (Å²) in [7, 11) is -2.63. The molecule has 0 radical (unpaired) electrons. The van der Waals surface area contributed by atoms with Gasteiger partial charge in [0.1, 0.15) is 0 Å². The normalized spacial score (nSPS) is 45.6. The summed E-state index contributed by atoms with van der Waals surface area (Å²) in [5, 5.41) is 51.5. The molecule has 1 aromatic carbocycles. The van der Waals surface area contributed by atoms with Crippen molar-refractivity contribution in [3.63, 3.8) is 0 Å². The quantitative estimate of drug-likeness (QED) is 0.154. The standard InChI is InChI=1S/C38H58O5S.C32H54O3.CH4O.3CH4/c1-26(33(44(41,42)28-8-6-5-7-9-28)23-38(40)20-18-37(19-21-38)24-43-25-37)30-12-13-31-29-11-10-27-22-34(2,39)16-17-35(27,3)32(29)14-15-36(30,31)4;1-22(9-12-32(34)17-15-31(16-18-32)20-35-21-31)25-7-8-26-24-6-5-23-19-28(2,33)13-14-29(23,3)27(24)10-11-30(25,26)4;1-2;;;/h5-9,26-27,29-33,39-40H,10-25H2,1-4H3;22-27,33-34H,5-21H2,1-4H3;2H,1H3;3*1H4/t26-,27-,29-,30+,31-,32-,33?,34-,35-,36+;22-,23+,24+,25-,26+,27+,28+,29+,30-;;;;/m01..../s1. The lowest BCUT2D eigenvalue weighted by molar-refractivity contribution is -0.162. The van der Waals surface area contributed by atoms with Crippen molar-refractivity contribution < 1.29 is 43.4 Å². The molecule has 12 aliphatic rings. The van der Waals surface area contributed by atoms with Crippen LogP contribution in [0.25, 0.3) is 0 Å². The van der Waals surface area contributed by atoms with Crippen molar-refractivity contribution in [2.75, 3.05) is 33.5 Å². The Kier molecular flexibility index (Phi) is 20.3. The molecule has 2 heterocycles. The van der Waals surface area contributed by atoms with Gasteiger partial charge in [0.25, 0.3) is 0 Å². The Morgan fingerprint density at radius 2 is 0.905 bits per heavy atom. The molecule has 5 N–H and O–H groups in total. The first-order chi connectivity index (χ1) is 38.2. The predicted octanol–water partition coefficient (Wildman–Crippen LogP) is 16.2. The largest absolute Gasteiger partial charge is 0.400 e. The second-order valence-corrected chi connectivity index (χ2v) is 35.7. The van der Waals surface area contributed by atoms with Gasteiger partial charge < -0.3 is 35.0 Å². The Bertz CT molecular complexity index is 2430. The minimum Gasteiger partial charge on any atom is -0.400 e. The van der Waals surface area contributed by atoms with E-state index in [1.54, 1.807) is 12.1 Å². The minimum absolute atomic E-state index is 0. The second-order valence-electron chi connectivity index (χ2n) is 33.6. The highest BCUT2D eigenvalue weighted by Gasteiger charge is 2.64. The van der Waals surface area contributed by atoms with Gasteiger partial charge in [0.05, 0.1) is 59.0 Å². The van der Waals surface area contributed by atoms with Crippen LogP contribution in [0.4, 0.5) is 0 Å². The highest BCUT2D eigenvalue weighted by molar-refractivity contribution is 7.92. The van der Waals surface area contributed by atoms with Crippen LogP contribution in [-0.4, -0.2) is 95.1 Å². The molecule has 0 aromatic heterocycles. The van der Waals surface area contributed by atoms with Crippen LogP contribution < -0.4 is 0 Å². The summed E-state index contributed by atoms with van der Waals surface area (Å²) in [4.78, 5) is 0.406. The third-order valence-electron chi connectivity index (χ3n) is 29.2. The minimum atomic E-state index is -3.63. The third-order valence-corrected chi connectivity index (χ3v) is 31.5. The van der Waals surface area contributed by atoms with Crippen molar-refractivity contribution in [3.8, 4) is 0 Å². The van der Waals surface area contributed by atoms with Gasteiger partial charge in [-0.15, -0.1) is 0 Å². The lowest BCUT2D eigenvalue weighted by Crippen LogP contribution is -2.56. The fraction of sp³-hybridized carbons (Fsp3) is 0.919. The molecule has 1 aromatic rings. The second kappa shape index (κ2) is 24.8. The van der Waals surface area contributed by atoms with Crippen LogP contribution in [-0.2, 0) is 19.3 Å². The van der Waals surface area contributed by atoms with Crippen molar-refractivity contribution in [3.05, 3.63) is 30.3 Å². The molecule has 2 spiro atoms. The summed E-state index contributed by atoms with van der Waals surface area (Å²) in [6, 6.07) is 9.06. The van der Waals surface area contributed by atoms with Crippen molar-refractivity contribution >= 4 is 9.84 Å². The molecule has 2 saturated heterocycles. The van der Waals surface area contributed by atoms with E-state index in [4.69, 9.17) is 14.6 Å². The van der Waals surface area contributed by atoms with Gasteiger partial charge in [-0.1, -0.05) is 82.0 Å². The third kappa shape index (κ3) is 12.2. The Balaban J connectivity index is 0.000000210. The molecular weight excluding hydrogens is 1060 g/mol. The number of aliphatic hydroxyl groups excluding tert-OH is 1. The zero-order chi connectivity index (χ0) is 57.9. The lowest BCUT2D eigenvalue weighted by Gasteiger charge is -2.62. The van der Waals surface area contributed by atoms with Gasteiger partial charge in [0, 0.05) is 17.9 Å². The number of rotatable bonds is 10. The molecule has 0 bridgehead atoms. The van der Waals surface area contributed by atoms with E-state index in [0.29, 0.717) is 69.5 Å². The van der Waals surface area contributed by atoms with Crippen LogP contribution in [0.15, 0.2) is 35.2 Å². The number of aliphatic hydroxyl groups is 5. The molecule has 10 saturated carbocycles. The van der Waals surface area contributed by atoms with Crippen LogP contribution in [0, 0.1) is 104 Å². The smallest absolute Gasteiger partial charge is 0.181 e. The van der Waals surface area contributed by atoms with E-state index in [9.17, 15) is 28.8 Å². The molecule has 12 fully saturated rings. The first-order valence-electron chi connectivity index (χ1n) is 34.0. The first-order valence-corrected chi connectivity index (χ1v) is 35.5. The fourth-order valence-electron chi connectivity index (χ4n) is 23.7. The Labute approximate surface area is 514 Å². The summed E-state index contributed by atoms with van der Waals surface area (Å²) < 4.78 is 40.1. The van der Waals surface area contributed by atoms with Gasteiger partial charge in [-0.3, -0.25) is 0 Å². The number of hydrogen-bond donors (Lipinski definition) is 5. The molecule has 10 heteroatoms. The highest BCUT2D eigenvalue weighted by Crippen LogP contribution is 2.71. The van der Waals surface area contributed by atoms with E-state index >= 15 is 0 Å². The molecule has 10 aliphatic carbocycles. The maximum atomic E-state index is 14.5. The van der Waals surface area contributed by atoms with Gasteiger partial charge in [0.15, 0.2) is 9.84 Å². The molecular formula is C74H128O9S. The van der Waals surface area contributed by atoms with E-state index in [2.05, 4.69) is 48.5 Å². The predicted molar refractivity (Wildman–Crippen MR) is 343 cm³/mol. The maximum Gasteiger partial charge on any atom is 0.181 e. The highest BCUT2D eigenvalue weighted by atomic mass is 32.2. The summed E-state index contributed by atoms with van der Waals surface area (Å²) in [5.74, 6) is 8.02. The van der Waals surface area contributed by atoms with Crippen molar-refractivity contribution in [1.29, 1.82) is 0 Å².